The predicted molar refractivity (Wildman–Crippen MR) is 92.1 cm³/mol. The van der Waals surface area contributed by atoms with E-state index in [1.54, 1.807) is 17.5 Å². The topological polar surface area (TPSA) is 50.7 Å². The minimum absolute atomic E-state index is 0.544. The smallest absolute Gasteiger partial charge is 0.227 e. The summed E-state index contributed by atoms with van der Waals surface area (Å²) in [5, 5.41) is 4.94. The zero-order valence-electron chi connectivity index (χ0n) is 12.5. The number of aryl methyl sites for hydroxylation is 3. The molecule has 3 rings (SSSR count). The molecule has 0 spiro atoms. The summed E-state index contributed by atoms with van der Waals surface area (Å²) < 4.78 is 0. The summed E-state index contributed by atoms with van der Waals surface area (Å²) in [5.41, 5.74) is 3.77. The molecular weight excluding hydrogens is 316 g/mol. The fourth-order valence-electron chi connectivity index (χ4n) is 2.11. The van der Waals surface area contributed by atoms with Crippen LogP contribution in [-0.2, 0) is 0 Å². The number of nitrogens with one attached hydrogen (secondary N) is 1. The molecule has 0 aliphatic heterocycles. The molecule has 0 amide bonds. The number of thiazole rings is 1. The van der Waals surface area contributed by atoms with Gasteiger partial charge in [0.1, 0.15) is 0 Å². The first kappa shape index (κ1) is 14.9. The van der Waals surface area contributed by atoms with Crippen molar-refractivity contribution in [3.63, 3.8) is 0 Å². The first-order chi connectivity index (χ1) is 10.5. The molecule has 112 valence electrons. The largest absolute Gasteiger partial charge is 0.324 e. The Morgan fingerprint density at radius 1 is 1.09 bits per heavy atom. The predicted octanol–water partition coefficient (Wildman–Crippen LogP) is 4.92. The highest BCUT2D eigenvalue weighted by atomic mass is 35.5. The lowest BCUT2D eigenvalue weighted by atomic mass is 10.2. The lowest BCUT2D eigenvalue weighted by Gasteiger charge is -2.07. The van der Waals surface area contributed by atoms with Gasteiger partial charge in [0.15, 0.2) is 0 Å². The number of hydrogen-bond donors (Lipinski definition) is 1. The Labute approximate surface area is 138 Å². The SMILES string of the molecule is Cc1nc(C)c(-c2ccnc(Nc3ccc(C)c(Cl)c3)n2)s1. The van der Waals surface area contributed by atoms with Crippen LogP contribution in [0.3, 0.4) is 0 Å². The van der Waals surface area contributed by atoms with E-state index in [1.165, 1.54) is 0 Å². The molecule has 0 fully saturated rings. The van der Waals surface area contributed by atoms with Gasteiger partial charge in [-0.05, 0) is 44.5 Å². The maximum Gasteiger partial charge on any atom is 0.227 e. The second-order valence-corrected chi connectivity index (χ2v) is 6.61. The zero-order valence-corrected chi connectivity index (χ0v) is 14.1. The number of hydrogen-bond acceptors (Lipinski definition) is 5. The average molecular weight is 331 g/mol. The normalized spacial score (nSPS) is 10.7. The fraction of sp³-hybridized carbons (Fsp3) is 0.188. The van der Waals surface area contributed by atoms with Crippen LogP contribution in [-0.4, -0.2) is 15.0 Å². The molecule has 6 heteroatoms. The van der Waals surface area contributed by atoms with Crippen molar-refractivity contribution in [1.29, 1.82) is 0 Å². The molecule has 0 aliphatic rings. The maximum absolute atomic E-state index is 6.14. The van der Waals surface area contributed by atoms with Crippen LogP contribution in [0.1, 0.15) is 16.3 Å². The Kier molecular flexibility index (Phi) is 4.09. The molecule has 3 aromatic rings. The average Bonchev–Trinajstić information content (AvgIpc) is 2.82. The van der Waals surface area contributed by atoms with Crippen LogP contribution in [0.2, 0.25) is 5.02 Å². The molecule has 0 bridgehead atoms. The molecule has 2 aromatic heterocycles. The molecule has 4 nitrogen and oxygen atoms in total. The van der Waals surface area contributed by atoms with Crippen LogP contribution in [0.5, 0.6) is 0 Å². The second kappa shape index (κ2) is 6.02. The number of nitrogens with zero attached hydrogens (tertiary/aromatic N) is 3. The molecule has 0 atom stereocenters. The highest BCUT2D eigenvalue weighted by Crippen LogP contribution is 2.29. The van der Waals surface area contributed by atoms with Crippen LogP contribution in [0.25, 0.3) is 10.6 Å². The quantitative estimate of drug-likeness (QED) is 0.740. The Hall–Kier alpha value is -1.98. The van der Waals surface area contributed by atoms with Gasteiger partial charge in [-0.1, -0.05) is 17.7 Å². The van der Waals surface area contributed by atoms with Gasteiger partial charge in [0, 0.05) is 16.9 Å². The molecule has 0 unspecified atom stereocenters. The third-order valence-electron chi connectivity index (χ3n) is 3.22. The van der Waals surface area contributed by atoms with E-state index in [0.29, 0.717) is 5.95 Å². The van der Waals surface area contributed by atoms with Crippen LogP contribution in [0.4, 0.5) is 11.6 Å². The Balaban J connectivity index is 1.91. The molecule has 1 N–H and O–H groups in total. The lowest BCUT2D eigenvalue weighted by Crippen LogP contribution is -1.98. The summed E-state index contributed by atoms with van der Waals surface area (Å²) in [7, 11) is 0. The summed E-state index contributed by atoms with van der Waals surface area (Å²) in [6.45, 7) is 5.96. The summed E-state index contributed by atoms with van der Waals surface area (Å²) in [6.07, 6.45) is 1.74. The van der Waals surface area contributed by atoms with E-state index < -0.39 is 0 Å². The van der Waals surface area contributed by atoms with Crippen molar-refractivity contribution in [2.24, 2.45) is 0 Å². The van der Waals surface area contributed by atoms with Gasteiger partial charge in [0.2, 0.25) is 5.95 Å². The van der Waals surface area contributed by atoms with Crippen molar-refractivity contribution >= 4 is 34.6 Å². The van der Waals surface area contributed by atoms with Crippen LogP contribution < -0.4 is 5.32 Å². The number of benzene rings is 1. The third kappa shape index (κ3) is 3.10. The van der Waals surface area contributed by atoms with Crippen LogP contribution in [0, 0.1) is 20.8 Å². The zero-order chi connectivity index (χ0) is 15.7. The highest BCUT2D eigenvalue weighted by Gasteiger charge is 2.10. The van der Waals surface area contributed by atoms with E-state index in [2.05, 4.69) is 20.3 Å². The van der Waals surface area contributed by atoms with Crippen molar-refractivity contribution in [3.8, 4) is 10.6 Å². The van der Waals surface area contributed by atoms with Crippen molar-refractivity contribution < 1.29 is 0 Å². The molecule has 0 radical (unpaired) electrons. The molecule has 0 saturated carbocycles. The molecule has 2 heterocycles. The van der Waals surface area contributed by atoms with E-state index in [9.17, 15) is 0 Å². The van der Waals surface area contributed by atoms with Crippen molar-refractivity contribution in [2.45, 2.75) is 20.8 Å². The highest BCUT2D eigenvalue weighted by molar-refractivity contribution is 7.15. The molecule has 1 aromatic carbocycles. The van der Waals surface area contributed by atoms with Gasteiger partial charge in [-0.25, -0.2) is 15.0 Å². The van der Waals surface area contributed by atoms with Gasteiger partial charge in [-0.15, -0.1) is 11.3 Å². The van der Waals surface area contributed by atoms with E-state index >= 15 is 0 Å². The summed E-state index contributed by atoms with van der Waals surface area (Å²) >= 11 is 7.78. The minimum Gasteiger partial charge on any atom is -0.324 e. The summed E-state index contributed by atoms with van der Waals surface area (Å²) in [5.74, 6) is 0.544. The van der Waals surface area contributed by atoms with Gasteiger partial charge >= 0.3 is 0 Å². The Bertz CT molecular complexity index is 829. The van der Waals surface area contributed by atoms with Gasteiger partial charge in [-0.2, -0.15) is 0 Å². The van der Waals surface area contributed by atoms with E-state index in [0.717, 1.165) is 37.5 Å². The van der Waals surface area contributed by atoms with Gasteiger partial charge in [0.05, 0.1) is 21.3 Å². The fourth-order valence-corrected chi connectivity index (χ4v) is 3.18. The van der Waals surface area contributed by atoms with E-state index in [1.807, 2.05) is 45.0 Å². The number of anilines is 2. The van der Waals surface area contributed by atoms with E-state index in [-0.39, 0.29) is 0 Å². The molecule has 0 aliphatic carbocycles. The van der Waals surface area contributed by atoms with Crippen molar-refractivity contribution in [2.75, 3.05) is 5.32 Å². The molecule has 22 heavy (non-hydrogen) atoms. The first-order valence-electron chi connectivity index (χ1n) is 6.83. The van der Waals surface area contributed by atoms with Crippen molar-refractivity contribution in [1.82, 2.24) is 15.0 Å². The van der Waals surface area contributed by atoms with Gasteiger partial charge < -0.3 is 5.32 Å². The minimum atomic E-state index is 0.544. The third-order valence-corrected chi connectivity index (χ3v) is 4.72. The maximum atomic E-state index is 6.14. The van der Waals surface area contributed by atoms with Crippen LogP contribution >= 0.6 is 22.9 Å². The van der Waals surface area contributed by atoms with Crippen LogP contribution in [0.15, 0.2) is 30.5 Å². The molecular formula is C16H15ClN4S. The van der Waals surface area contributed by atoms with Gasteiger partial charge in [-0.3, -0.25) is 0 Å². The summed E-state index contributed by atoms with van der Waals surface area (Å²) in [6, 6.07) is 7.69. The number of rotatable bonds is 3. The van der Waals surface area contributed by atoms with E-state index in [4.69, 9.17) is 11.6 Å². The lowest BCUT2D eigenvalue weighted by molar-refractivity contribution is 1.16. The van der Waals surface area contributed by atoms with Gasteiger partial charge in [0.25, 0.3) is 0 Å². The summed E-state index contributed by atoms with van der Waals surface area (Å²) in [4.78, 5) is 14.4. The first-order valence-corrected chi connectivity index (χ1v) is 8.03. The standard InChI is InChI=1S/C16H15ClN4S/c1-9-4-5-12(8-13(9)17)20-16-18-7-6-14(21-16)15-10(2)19-11(3)22-15/h4-8H,1-3H3,(H,18,20,21). The van der Waals surface area contributed by atoms with Crippen molar-refractivity contribution in [3.05, 3.63) is 51.7 Å². The monoisotopic (exact) mass is 330 g/mol. The number of aromatic nitrogens is 3. The Morgan fingerprint density at radius 3 is 2.59 bits per heavy atom. The Morgan fingerprint density at radius 2 is 1.91 bits per heavy atom. The number of halogens is 1. The second-order valence-electron chi connectivity index (χ2n) is 5.00. The molecule has 0 saturated heterocycles.